The Morgan fingerprint density at radius 1 is 1.44 bits per heavy atom. The van der Waals surface area contributed by atoms with Crippen LogP contribution in [0.1, 0.15) is 5.56 Å². The molecular weight excluding hydrogens is 291 g/mol. The van der Waals surface area contributed by atoms with Crippen molar-refractivity contribution in [3.05, 3.63) is 31.8 Å². The van der Waals surface area contributed by atoms with Crippen molar-refractivity contribution < 1.29 is 0 Å². The average Bonchev–Trinajstić information content (AvgIpc) is 1.83. The molecule has 9 heavy (non-hydrogen) atoms. The number of hydrogen-bond acceptors (Lipinski definition) is 0. The molecule has 0 nitrogen and oxygen atoms in total. The molecule has 0 spiro atoms. The van der Waals surface area contributed by atoms with E-state index >= 15 is 0 Å². The average molecular weight is 297 g/mol. The van der Waals surface area contributed by atoms with Gasteiger partial charge in [0.15, 0.2) is 0 Å². The second kappa shape index (κ2) is 3.01. The predicted molar refractivity (Wildman–Crippen MR) is 51.6 cm³/mol. The lowest BCUT2D eigenvalue weighted by molar-refractivity contribution is 1.41. The molecule has 1 aromatic carbocycles. The fraction of sp³-hybridized carbons (Fsp3) is 0.143. The van der Waals surface area contributed by atoms with Crippen LogP contribution in [0.2, 0.25) is 0 Å². The first-order valence-electron chi connectivity index (χ1n) is 2.62. The summed E-state index contributed by atoms with van der Waals surface area (Å²) < 4.78 is 2.48. The lowest BCUT2D eigenvalue weighted by Gasteiger charge is -1.97. The van der Waals surface area contributed by atoms with Crippen molar-refractivity contribution in [3.63, 3.8) is 0 Å². The Labute approximate surface area is 76.9 Å². The Kier molecular flexibility index (Phi) is 2.52. The van der Waals surface area contributed by atoms with Gasteiger partial charge in [-0.15, -0.1) is 0 Å². The van der Waals surface area contributed by atoms with Crippen LogP contribution in [0.15, 0.2) is 22.7 Å². The van der Waals surface area contributed by atoms with E-state index in [9.17, 15) is 0 Å². The minimum atomic E-state index is 1.21. The van der Waals surface area contributed by atoms with Gasteiger partial charge in [0.1, 0.15) is 0 Å². The molecule has 0 fully saturated rings. The van der Waals surface area contributed by atoms with E-state index in [0.717, 1.165) is 0 Å². The van der Waals surface area contributed by atoms with Crippen LogP contribution in [0.5, 0.6) is 0 Å². The third-order valence-corrected chi connectivity index (χ3v) is 3.84. The van der Waals surface area contributed by atoms with Crippen molar-refractivity contribution in [2.24, 2.45) is 0 Å². The molecule has 0 saturated carbocycles. The van der Waals surface area contributed by atoms with Crippen molar-refractivity contribution in [2.75, 3.05) is 0 Å². The molecule has 2 heteroatoms. The molecule has 0 heterocycles. The molecule has 0 aliphatic rings. The maximum atomic E-state index is 3.47. The maximum absolute atomic E-state index is 3.47. The molecular formula is C7H6BrI. The molecule has 1 aromatic rings. The van der Waals surface area contributed by atoms with Crippen LogP contribution >= 0.6 is 38.5 Å². The number of rotatable bonds is 0. The second-order valence-electron chi connectivity index (χ2n) is 1.87. The summed E-state index contributed by atoms with van der Waals surface area (Å²) in [7, 11) is 0. The molecule has 48 valence electrons. The van der Waals surface area contributed by atoms with E-state index < -0.39 is 0 Å². The third-order valence-electron chi connectivity index (χ3n) is 1.14. The first-order valence-corrected chi connectivity index (χ1v) is 4.49. The molecule has 1 rings (SSSR count). The van der Waals surface area contributed by atoms with Crippen LogP contribution in [-0.4, -0.2) is 0 Å². The second-order valence-corrected chi connectivity index (χ2v) is 3.83. The predicted octanol–water partition coefficient (Wildman–Crippen LogP) is 3.36. The van der Waals surface area contributed by atoms with Gasteiger partial charge in [0.05, 0.1) is 0 Å². The van der Waals surface area contributed by atoms with Gasteiger partial charge in [-0.1, -0.05) is 12.1 Å². The summed E-state index contributed by atoms with van der Waals surface area (Å²) in [5, 5.41) is 0. The zero-order valence-electron chi connectivity index (χ0n) is 4.99. The lowest BCUT2D eigenvalue weighted by atomic mass is 10.2. The highest BCUT2D eigenvalue weighted by Crippen LogP contribution is 2.21. The Morgan fingerprint density at radius 2 is 2.11 bits per heavy atom. The third kappa shape index (κ3) is 1.67. The van der Waals surface area contributed by atoms with Gasteiger partial charge in [-0.2, -0.15) is 0 Å². The topological polar surface area (TPSA) is 0 Å². The first-order chi connectivity index (χ1) is 4.22. The molecule has 0 atom stereocenters. The highest BCUT2D eigenvalue weighted by molar-refractivity contribution is 14.1. The molecule has 0 unspecified atom stereocenters. The largest absolute Gasteiger partial charge is 0.0609 e. The summed E-state index contributed by atoms with van der Waals surface area (Å²) in [5.74, 6) is 0. The summed E-state index contributed by atoms with van der Waals surface area (Å²) >= 11 is 5.77. The van der Waals surface area contributed by atoms with Crippen LogP contribution in [0.25, 0.3) is 0 Å². The zero-order valence-corrected chi connectivity index (χ0v) is 8.73. The normalized spacial score (nSPS) is 9.67. The number of hydrogen-bond donors (Lipinski definition) is 0. The van der Waals surface area contributed by atoms with Crippen LogP contribution in [0.3, 0.4) is 0 Å². The van der Waals surface area contributed by atoms with Gasteiger partial charge in [-0.05, 0) is 57.1 Å². The molecule has 0 radical (unpaired) electrons. The molecule has 0 saturated heterocycles. The molecule has 0 bridgehead atoms. The van der Waals surface area contributed by atoms with E-state index in [2.05, 4.69) is 63.6 Å². The summed E-state index contributed by atoms with van der Waals surface area (Å²) in [6.07, 6.45) is 0. The van der Waals surface area contributed by atoms with Gasteiger partial charge in [0, 0.05) is 8.04 Å². The quantitative estimate of drug-likeness (QED) is 0.644. The van der Waals surface area contributed by atoms with Crippen LogP contribution < -0.4 is 0 Å². The minimum absolute atomic E-state index is 1.21. The van der Waals surface area contributed by atoms with Crippen molar-refractivity contribution in [1.29, 1.82) is 0 Å². The van der Waals surface area contributed by atoms with Crippen LogP contribution in [0, 0.1) is 10.5 Å². The molecule has 0 aromatic heterocycles. The van der Waals surface area contributed by atoms with Crippen molar-refractivity contribution >= 4 is 38.5 Å². The summed E-state index contributed by atoms with van der Waals surface area (Å²) in [6.45, 7) is 2.09. The minimum Gasteiger partial charge on any atom is -0.0609 e. The molecule has 0 N–H and O–H groups in total. The van der Waals surface area contributed by atoms with Gasteiger partial charge in [0.2, 0.25) is 0 Å². The van der Waals surface area contributed by atoms with E-state index in [1.165, 1.54) is 13.6 Å². The summed E-state index contributed by atoms with van der Waals surface area (Å²) in [4.78, 5) is 0. The highest BCUT2D eigenvalue weighted by Gasteiger charge is 1.95. The Bertz CT molecular complexity index is 200. The standard InChI is InChI=1S/C7H6BrI/c1-5-3-2-4-6(9)7(5)8/h2-4H,1H3. The summed E-state index contributed by atoms with van der Waals surface area (Å²) in [5.41, 5.74) is 1.29. The first kappa shape index (κ1) is 7.54. The van der Waals surface area contributed by atoms with Gasteiger partial charge < -0.3 is 0 Å². The van der Waals surface area contributed by atoms with Crippen LogP contribution in [0.4, 0.5) is 0 Å². The molecule has 0 amide bonds. The van der Waals surface area contributed by atoms with Crippen molar-refractivity contribution in [2.45, 2.75) is 6.92 Å². The van der Waals surface area contributed by atoms with E-state index in [-0.39, 0.29) is 0 Å². The molecule has 0 aliphatic heterocycles. The van der Waals surface area contributed by atoms with Crippen molar-refractivity contribution in [1.82, 2.24) is 0 Å². The Hall–Kier alpha value is 0.430. The maximum Gasteiger partial charge on any atom is 0.0338 e. The Balaban J connectivity index is 3.25. The summed E-state index contributed by atoms with van der Waals surface area (Å²) in [6, 6.07) is 6.23. The monoisotopic (exact) mass is 296 g/mol. The number of halogens is 2. The SMILES string of the molecule is Cc1cccc(I)c1Br. The van der Waals surface area contributed by atoms with E-state index in [4.69, 9.17) is 0 Å². The van der Waals surface area contributed by atoms with Gasteiger partial charge >= 0.3 is 0 Å². The highest BCUT2D eigenvalue weighted by atomic mass is 127. The number of aryl methyl sites for hydroxylation is 1. The molecule has 0 aliphatic carbocycles. The smallest absolute Gasteiger partial charge is 0.0338 e. The zero-order chi connectivity index (χ0) is 6.85. The number of benzene rings is 1. The van der Waals surface area contributed by atoms with Gasteiger partial charge in [-0.25, -0.2) is 0 Å². The Morgan fingerprint density at radius 3 is 2.56 bits per heavy atom. The van der Waals surface area contributed by atoms with E-state index in [1.54, 1.807) is 0 Å². The van der Waals surface area contributed by atoms with Gasteiger partial charge in [-0.3, -0.25) is 0 Å². The van der Waals surface area contributed by atoms with Gasteiger partial charge in [0.25, 0.3) is 0 Å². The lowest BCUT2D eigenvalue weighted by Crippen LogP contribution is -1.77. The van der Waals surface area contributed by atoms with Crippen LogP contribution in [-0.2, 0) is 0 Å². The fourth-order valence-corrected chi connectivity index (χ4v) is 1.51. The fourth-order valence-electron chi connectivity index (χ4n) is 0.612. The van der Waals surface area contributed by atoms with Crippen molar-refractivity contribution in [3.8, 4) is 0 Å². The van der Waals surface area contributed by atoms with E-state index in [0.29, 0.717) is 0 Å². The van der Waals surface area contributed by atoms with E-state index in [1.807, 2.05) is 0 Å².